The molecule has 106 heavy (non-hydrogen) atoms. The molecule has 16 aromatic carbocycles. The van der Waals surface area contributed by atoms with Crippen LogP contribution in [0.1, 0.15) is 81.3 Å². The summed E-state index contributed by atoms with van der Waals surface area (Å²) in [7, 11) is 2.33. The Morgan fingerprint density at radius 1 is 0.189 bits per heavy atom. The van der Waals surface area contributed by atoms with Crippen molar-refractivity contribution in [3.63, 3.8) is 0 Å². The number of aryl methyl sites for hydroxylation is 10. The van der Waals surface area contributed by atoms with Gasteiger partial charge >= 0.3 is 0 Å². The van der Waals surface area contributed by atoms with Gasteiger partial charge in [-0.2, -0.15) is 0 Å². The third-order valence-corrected chi connectivity index (χ3v) is 25.7. The molecule has 0 bridgehead atoms. The van der Waals surface area contributed by atoms with Gasteiger partial charge in [-0.1, -0.05) is 373 Å². The Bertz CT molecular complexity index is 5550. The Morgan fingerprint density at radius 2 is 0.443 bits per heavy atom. The average molecular weight is 1440 g/mol. The normalized spacial score (nSPS) is 11.8. The molecule has 0 spiro atoms. The van der Waals surface area contributed by atoms with Crippen molar-refractivity contribution in [2.75, 3.05) is 0 Å². The van der Waals surface area contributed by atoms with Gasteiger partial charge in [0.15, 0.2) is 0 Å². The smallest absolute Gasteiger partial charge is 0.00212 e. The molecule has 0 aliphatic heterocycles. The molecule has 0 aliphatic carbocycles. The van der Waals surface area contributed by atoms with Gasteiger partial charge in [0.25, 0.3) is 0 Å². The van der Waals surface area contributed by atoms with Gasteiger partial charge in [-0.25, -0.2) is 0 Å². The fourth-order valence-electron chi connectivity index (χ4n) is 15.0. The molecule has 4 atom stereocenters. The lowest BCUT2D eigenvalue weighted by molar-refractivity contribution is 0.820. The summed E-state index contributed by atoms with van der Waals surface area (Å²) in [4.78, 5) is 0. The highest BCUT2D eigenvalue weighted by Gasteiger charge is 2.19. The summed E-state index contributed by atoms with van der Waals surface area (Å²) in [6, 6.07) is 132. The van der Waals surface area contributed by atoms with E-state index in [0.29, 0.717) is 34.3 Å². The molecule has 4 heteroatoms. The van der Waals surface area contributed by atoms with Crippen LogP contribution >= 0.6 is 34.3 Å². The van der Waals surface area contributed by atoms with Gasteiger partial charge in [-0.05, 0) is 267 Å². The van der Waals surface area contributed by atoms with Crippen molar-refractivity contribution < 1.29 is 0 Å². The van der Waals surface area contributed by atoms with Crippen LogP contribution in [0.15, 0.2) is 352 Å². The van der Waals surface area contributed by atoms with Gasteiger partial charge in [0.2, 0.25) is 0 Å². The van der Waals surface area contributed by atoms with E-state index in [-0.39, 0.29) is 0 Å². The Hall–Kier alpha value is -9.72. The van der Waals surface area contributed by atoms with E-state index in [0.717, 1.165) is 51.4 Å². The first-order valence-electron chi connectivity index (χ1n) is 38.0. The van der Waals surface area contributed by atoms with Crippen molar-refractivity contribution in [2.24, 2.45) is 0 Å². The molecule has 0 N–H and O–H groups in total. The number of benzene rings is 16. The Morgan fingerprint density at radius 3 is 0.764 bits per heavy atom. The summed E-state index contributed by atoms with van der Waals surface area (Å²) in [5.41, 5.74) is 19.5. The third kappa shape index (κ3) is 18.9. The zero-order valence-electron chi connectivity index (χ0n) is 61.0. The second-order valence-electron chi connectivity index (χ2n) is 28.6. The van der Waals surface area contributed by atoms with E-state index in [4.69, 9.17) is 0 Å². The molecule has 0 heterocycles. The molecule has 16 rings (SSSR count). The number of hydrogen-bond acceptors (Lipinski definition) is 0. The van der Waals surface area contributed by atoms with Crippen LogP contribution in [0, 0.1) is 13.8 Å². The van der Waals surface area contributed by atoms with Gasteiger partial charge in [0.1, 0.15) is 0 Å². The summed E-state index contributed by atoms with van der Waals surface area (Å²) < 4.78 is 0. The first-order chi connectivity index (χ1) is 52.3. The van der Waals surface area contributed by atoms with Crippen LogP contribution in [-0.4, -0.2) is 0 Å². The van der Waals surface area contributed by atoms with E-state index in [1.165, 1.54) is 189 Å². The van der Waals surface area contributed by atoms with E-state index in [2.05, 4.69) is 366 Å². The average Bonchev–Trinajstić information content (AvgIpc) is 0.762. The van der Waals surface area contributed by atoms with Crippen LogP contribution in [0.25, 0.3) is 65.3 Å². The fourth-order valence-corrected chi connectivity index (χ4v) is 19.6. The molecular formula is C102H92P4. The van der Waals surface area contributed by atoms with E-state index in [1.807, 2.05) is 0 Å². The Labute approximate surface area is 636 Å². The molecule has 0 aromatic heterocycles. The fraction of sp³-hybridized carbons (Fsp3) is 0.137. The van der Waals surface area contributed by atoms with Crippen LogP contribution in [0.4, 0.5) is 0 Å². The highest BCUT2D eigenvalue weighted by Crippen LogP contribution is 2.39. The minimum atomic E-state index is 0.571. The molecule has 0 amide bonds. The zero-order chi connectivity index (χ0) is 71.6. The van der Waals surface area contributed by atoms with Gasteiger partial charge in [-0.3, -0.25) is 0 Å². The molecule has 0 saturated carbocycles. The van der Waals surface area contributed by atoms with Crippen molar-refractivity contribution in [1.29, 1.82) is 0 Å². The molecule has 0 aliphatic rings. The summed E-state index contributed by atoms with van der Waals surface area (Å²) in [5, 5.41) is 21.6. The second kappa shape index (κ2) is 35.6. The van der Waals surface area contributed by atoms with Crippen molar-refractivity contribution in [2.45, 2.75) is 90.9 Å². The van der Waals surface area contributed by atoms with Crippen LogP contribution in [0.2, 0.25) is 0 Å². The quantitative estimate of drug-likeness (QED) is 0.0474. The summed E-state index contributed by atoms with van der Waals surface area (Å²) >= 11 is 0. The van der Waals surface area contributed by atoms with Gasteiger partial charge in [0.05, 0.1) is 0 Å². The second-order valence-corrected chi connectivity index (χ2v) is 34.1. The minimum Gasteiger partial charge on any atom is -0.0622 e. The highest BCUT2D eigenvalue weighted by molar-refractivity contribution is 7.56. The predicted molar refractivity (Wildman–Crippen MR) is 473 cm³/mol. The minimum absolute atomic E-state index is 0.571. The Balaban J connectivity index is 0.000000170. The van der Waals surface area contributed by atoms with Crippen LogP contribution in [-0.2, 0) is 51.4 Å². The van der Waals surface area contributed by atoms with Crippen LogP contribution in [0.3, 0.4) is 0 Å². The maximum Gasteiger partial charge on any atom is -0.00212 e. The molecule has 520 valence electrons. The lowest BCUT2D eigenvalue weighted by Crippen LogP contribution is -2.10. The van der Waals surface area contributed by atoms with E-state index in [1.54, 1.807) is 0 Å². The largest absolute Gasteiger partial charge is 0.0622 e. The molecule has 0 radical (unpaired) electrons. The van der Waals surface area contributed by atoms with E-state index in [9.17, 15) is 0 Å². The first kappa shape index (κ1) is 71.9. The zero-order valence-corrected chi connectivity index (χ0v) is 65.0. The molecular weight excluding hydrogens is 1350 g/mol. The SMILES string of the molecule is Cc1ccc(CCCc2ccc(Pc3cc(-c4c(Pc5ccc(CCCc6ccc(C)cc6)cc5)ccc5ccccc45)c4ccccc4c3)cc2)cc1.c1ccc(CCCc2ccc(Pc3cc(-c4c(Pc5ccc(CCCc6ccccc6)cc5)ccc5ccccc45)c4ccccc4c3)cc2)cc1. The number of hydrogen-bond donors (Lipinski definition) is 0. The first-order valence-corrected chi connectivity index (χ1v) is 42.0. The molecule has 4 unspecified atom stereocenters. The predicted octanol–water partition coefficient (Wildman–Crippen LogP) is 23.2. The van der Waals surface area contributed by atoms with Crippen LogP contribution < -0.4 is 42.4 Å². The van der Waals surface area contributed by atoms with E-state index >= 15 is 0 Å². The van der Waals surface area contributed by atoms with Crippen molar-refractivity contribution in [3.05, 3.63) is 407 Å². The maximum atomic E-state index is 2.49. The van der Waals surface area contributed by atoms with Crippen molar-refractivity contribution >= 4 is 120 Å². The molecule has 0 fully saturated rings. The third-order valence-electron chi connectivity index (χ3n) is 20.7. The monoisotopic (exact) mass is 1440 g/mol. The van der Waals surface area contributed by atoms with Gasteiger partial charge < -0.3 is 0 Å². The summed E-state index contributed by atoms with van der Waals surface area (Å²) in [5.74, 6) is 0. The molecule has 16 aromatic rings. The highest BCUT2D eigenvalue weighted by atomic mass is 31.1. The van der Waals surface area contributed by atoms with Crippen molar-refractivity contribution in [1.82, 2.24) is 0 Å². The standard InChI is InChI=1S/C52H48P2.C50H44P2/c1-37-17-21-39(22-18-37)9-7-11-41-25-30-45(31-26-41)53-47-35-44-14-4-5-15-48(44)50(36-47)52-49-16-6-3-13-43(49)29-34-51(52)54-46-32-27-42(28-33-46)12-8-10-40-23-19-38(2)20-24-40;1-3-13-37(14-4-1)17-11-19-39-25-30-43(31-26-39)51-45-35-42-22-8-9-23-46(42)48(36-45)50-47-24-10-7-21-41(47)29-34-49(50)52-44-32-27-40(28-33-44)20-12-18-38-15-5-2-6-16-38/h3-6,13-36,53-54H,7-12H2,1-2H3;1-10,13-16,21-36,51-52H,11-12,17-20H2. The van der Waals surface area contributed by atoms with Crippen LogP contribution in [0.5, 0.6) is 0 Å². The Kier molecular flexibility index (Phi) is 24.1. The van der Waals surface area contributed by atoms with Gasteiger partial charge in [0, 0.05) is 0 Å². The van der Waals surface area contributed by atoms with Crippen molar-refractivity contribution in [3.8, 4) is 22.3 Å². The summed E-state index contributed by atoms with van der Waals surface area (Å²) in [6.45, 7) is 4.31. The van der Waals surface area contributed by atoms with E-state index < -0.39 is 0 Å². The topological polar surface area (TPSA) is 0 Å². The van der Waals surface area contributed by atoms with Gasteiger partial charge in [-0.15, -0.1) is 0 Å². The lowest BCUT2D eigenvalue weighted by Gasteiger charge is -2.18. The number of rotatable bonds is 26. The maximum absolute atomic E-state index is 2.49. The summed E-state index contributed by atoms with van der Waals surface area (Å²) in [6.07, 6.45) is 13.6. The number of fused-ring (bicyclic) bond motifs is 4. The lowest BCUT2D eigenvalue weighted by atomic mass is 9.94. The molecule has 0 saturated heterocycles. The molecule has 0 nitrogen and oxygen atoms in total.